The fourth-order valence-electron chi connectivity index (χ4n) is 2.94. The summed E-state index contributed by atoms with van der Waals surface area (Å²) in [5.41, 5.74) is 0.790. The Kier molecular flexibility index (Phi) is 4.88. The van der Waals surface area contributed by atoms with E-state index in [0.29, 0.717) is 15.5 Å². The van der Waals surface area contributed by atoms with Gasteiger partial charge >= 0.3 is 22.8 Å². The summed E-state index contributed by atoms with van der Waals surface area (Å²) < 4.78 is 4.63. The maximum absolute atomic E-state index is 11.9. The van der Waals surface area contributed by atoms with Crippen LogP contribution >= 0.6 is 23.1 Å². The van der Waals surface area contributed by atoms with Crippen molar-refractivity contribution in [3.63, 3.8) is 0 Å². The lowest BCUT2D eigenvalue weighted by Gasteiger charge is -2.32. The number of carbonyl (C=O) groups excluding carboxylic acids is 1. The molecular weight excluding hydrogens is 382 g/mol. The van der Waals surface area contributed by atoms with Crippen molar-refractivity contribution >= 4 is 41.0 Å². The van der Waals surface area contributed by atoms with Crippen molar-refractivity contribution in [2.45, 2.75) is 16.2 Å². The van der Waals surface area contributed by atoms with E-state index in [4.69, 9.17) is 0 Å². The molecule has 0 amide bonds. The first-order valence-corrected chi connectivity index (χ1v) is 9.06. The molecule has 1 aromatic heterocycles. The second-order valence-electron chi connectivity index (χ2n) is 5.54. The highest BCUT2D eigenvalue weighted by Crippen LogP contribution is 2.49. The van der Waals surface area contributed by atoms with Gasteiger partial charge in [-0.2, -0.15) is 0 Å². The van der Waals surface area contributed by atoms with Crippen molar-refractivity contribution in [1.82, 2.24) is 4.98 Å². The number of nitrogens with one attached hydrogen (secondary N) is 1. The van der Waals surface area contributed by atoms with Crippen LogP contribution in [0.5, 0.6) is 0 Å². The predicted octanol–water partition coefficient (Wildman–Crippen LogP) is 1.61. The Hall–Kier alpha value is -2.59. The number of thioether (sulfide) groups is 1. The second-order valence-corrected chi connectivity index (χ2v) is 7.71. The molecule has 26 heavy (non-hydrogen) atoms. The van der Waals surface area contributed by atoms with Gasteiger partial charge in [0.05, 0.1) is 23.6 Å². The van der Waals surface area contributed by atoms with Crippen molar-refractivity contribution in [3.8, 4) is 0 Å². The zero-order valence-electron chi connectivity index (χ0n) is 13.3. The molecule has 0 spiro atoms. The standard InChI is InChI=1S/C16H13NO7S2/c1-24-15(22)7-4-2-6(3-5-7)8-9(13(18)19)11(14(20)21)25-12-10(8)26-16(23)17-12/h2-5,8-9,11H,1H3,(H,17,23)(H,18,19)(H,20,21)/t8-,9-,11+/m1/s1. The van der Waals surface area contributed by atoms with Crippen molar-refractivity contribution in [1.29, 1.82) is 0 Å². The van der Waals surface area contributed by atoms with Gasteiger partial charge in [-0.3, -0.25) is 14.4 Å². The number of carbonyl (C=O) groups is 3. The van der Waals surface area contributed by atoms with E-state index >= 15 is 0 Å². The highest BCUT2D eigenvalue weighted by Gasteiger charge is 2.47. The monoisotopic (exact) mass is 395 g/mol. The number of carboxylic acid groups (broad SMARTS) is 2. The van der Waals surface area contributed by atoms with Gasteiger partial charge in [0.2, 0.25) is 0 Å². The van der Waals surface area contributed by atoms with E-state index in [2.05, 4.69) is 9.72 Å². The van der Waals surface area contributed by atoms with Gasteiger partial charge in [0, 0.05) is 10.8 Å². The van der Waals surface area contributed by atoms with Crippen LogP contribution in [0, 0.1) is 5.92 Å². The van der Waals surface area contributed by atoms with Crippen LogP contribution in [0.25, 0.3) is 0 Å². The fourth-order valence-corrected chi connectivity index (χ4v) is 5.35. The van der Waals surface area contributed by atoms with E-state index in [0.717, 1.165) is 23.1 Å². The number of aromatic amines is 1. The molecule has 0 aliphatic carbocycles. The molecule has 8 nitrogen and oxygen atoms in total. The number of aromatic nitrogens is 1. The molecule has 0 saturated carbocycles. The molecule has 1 aliphatic rings. The minimum Gasteiger partial charge on any atom is -0.481 e. The minimum absolute atomic E-state index is 0.283. The molecule has 136 valence electrons. The number of hydrogen-bond donors (Lipinski definition) is 3. The van der Waals surface area contributed by atoms with Crippen LogP contribution < -0.4 is 4.87 Å². The number of esters is 1. The Balaban J connectivity index is 2.14. The average molecular weight is 395 g/mol. The maximum atomic E-state index is 11.9. The Bertz CT molecular complexity index is 931. The van der Waals surface area contributed by atoms with Gasteiger partial charge in [-0.05, 0) is 17.7 Å². The zero-order valence-corrected chi connectivity index (χ0v) is 14.9. The number of benzene rings is 1. The quantitative estimate of drug-likeness (QED) is 0.665. The molecule has 1 aliphatic heterocycles. The molecule has 0 radical (unpaired) electrons. The minimum atomic E-state index is -1.27. The molecule has 0 fully saturated rings. The predicted molar refractivity (Wildman–Crippen MR) is 93.0 cm³/mol. The number of methoxy groups -OCH3 is 1. The number of aliphatic carboxylic acids is 2. The van der Waals surface area contributed by atoms with Crippen LogP contribution in [-0.2, 0) is 14.3 Å². The van der Waals surface area contributed by atoms with Crippen LogP contribution in [0.4, 0.5) is 0 Å². The van der Waals surface area contributed by atoms with E-state index in [9.17, 15) is 29.4 Å². The van der Waals surface area contributed by atoms with Gasteiger partial charge in [0.15, 0.2) is 0 Å². The topological polar surface area (TPSA) is 134 Å². The number of carboxylic acids is 2. The summed E-state index contributed by atoms with van der Waals surface area (Å²) in [5.74, 6) is -5.16. The fraction of sp³-hybridized carbons (Fsp3) is 0.250. The van der Waals surface area contributed by atoms with Crippen LogP contribution in [0.2, 0.25) is 0 Å². The molecule has 1 aromatic carbocycles. The number of H-pyrrole nitrogens is 1. The SMILES string of the molecule is COC(=O)c1ccc([C@H]2c3sc(=O)[nH]c3S[C@H](C(=O)O)[C@@H]2C(=O)O)cc1. The molecule has 2 aromatic rings. The van der Waals surface area contributed by atoms with E-state index in [-0.39, 0.29) is 10.4 Å². The number of ether oxygens (including phenoxy) is 1. The summed E-state index contributed by atoms with van der Waals surface area (Å²) in [7, 11) is 1.25. The normalized spacial score (nSPS) is 21.7. The van der Waals surface area contributed by atoms with E-state index in [1.165, 1.54) is 19.2 Å². The van der Waals surface area contributed by atoms with E-state index in [1.54, 1.807) is 12.1 Å². The maximum Gasteiger partial charge on any atom is 0.337 e. The molecule has 10 heteroatoms. The molecule has 3 rings (SSSR count). The van der Waals surface area contributed by atoms with Crippen LogP contribution in [0.1, 0.15) is 26.7 Å². The Labute approximate surface area is 154 Å². The van der Waals surface area contributed by atoms with Gasteiger partial charge in [0.25, 0.3) is 0 Å². The van der Waals surface area contributed by atoms with Crippen LogP contribution in [0.15, 0.2) is 34.1 Å². The average Bonchev–Trinajstić information content (AvgIpc) is 2.99. The summed E-state index contributed by atoms with van der Waals surface area (Å²) >= 11 is 1.70. The first-order chi connectivity index (χ1) is 12.3. The van der Waals surface area contributed by atoms with E-state index < -0.39 is 35.0 Å². The zero-order chi connectivity index (χ0) is 19.0. The lowest BCUT2D eigenvalue weighted by molar-refractivity contribution is -0.148. The second kappa shape index (κ2) is 6.96. The van der Waals surface area contributed by atoms with Crippen molar-refractivity contribution in [2.75, 3.05) is 7.11 Å². The molecule has 0 unspecified atom stereocenters. The molecule has 0 saturated heterocycles. The van der Waals surface area contributed by atoms with Crippen molar-refractivity contribution in [2.24, 2.45) is 5.92 Å². The summed E-state index contributed by atoms with van der Waals surface area (Å²) in [6.07, 6.45) is 0. The molecule has 2 heterocycles. The van der Waals surface area contributed by atoms with Gasteiger partial charge in [-0.25, -0.2) is 4.79 Å². The Morgan fingerprint density at radius 2 is 1.77 bits per heavy atom. The van der Waals surface area contributed by atoms with E-state index in [1.807, 2.05) is 0 Å². The van der Waals surface area contributed by atoms with Gasteiger partial charge in [-0.15, -0.1) is 0 Å². The van der Waals surface area contributed by atoms with Gasteiger partial charge < -0.3 is 19.9 Å². The third-order valence-corrected chi connectivity index (χ3v) is 6.48. The molecule has 3 N–H and O–H groups in total. The first kappa shape index (κ1) is 18.2. The lowest BCUT2D eigenvalue weighted by Crippen LogP contribution is -2.39. The Morgan fingerprint density at radius 3 is 2.31 bits per heavy atom. The highest BCUT2D eigenvalue weighted by atomic mass is 32.2. The van der Waals surface area contributed by atoms with Crippen molar-refractivity contribution in [3.05, 3.63) is 49.9 Å². The highest BCUT2D eigenvalue weighted by molar-refractivity contribution is 8.00. The largest absolute Gasteiger partial charge is 0.481 e. The summed E-state index contributed by atoms with van der Waals surface area (Å²) in [5, 5.41) is 18.3. The number of fused-ring (bicyclic) bond motifs is 1. The molecule has 3 atom stereocenters. The third-order valence-electron chi connectivity index (χ3n) is 4.07. The third kappa shape index (κ3) is 3.13. The Morgan fingerprint density at radius 1 is 1.12 bits per heavy atom. The first-order valence-electron chi connectivity index (χ1n) is 7.37. The van der Waals surface area contributed by atoms with Crippen LogP contribution in [0.3, 0.4) is 0 Å². The number of thiazole rings is 1. The molecular formula is C16H13NO7S2. The summed E-state index contributed by atoms with van der Waals surface area (Å²) in [6, 6.07) is 6.06. The number of rotatable bonds is 4. The van der Waals surface area contributed by atoms with Gasteiger partial charge in [0.1, 0.15) is 5.25 Å². The molecule has 0 bridgehead atoms. The lowest BCUT2D eigenvalue weighted by atomic mass is 9.82. The van der Waals surface area contributed by atoms with Crippen molar-refractivity contribution < 1.29 is 29.3 Å². The summed E-state index contributed by atoms with van der Waals surface area (Å²) in [4.78, 5) is 49.5. The number of hydrogen-bond acceptors (Lipinski definition) is 7. The smallest absolute Gasteiger partial charge is 0.337 e. The summed E-state index contributed by atoms with van der Waals surface area (Å²) in [6.45, 7) is 0. The van der Waals surface area contributed by atoms with Gasteiger partial charge in [-0.1, -0.05) is 35.2 Å². The van der Waals surface area contributed by atoms with Crippen LogP contribution in [-0.4, -0.2) is 45.5 Å².